The Hall–Kier alpha value is -1.00. The second-order valence-electron chi connectivity index (χ2n) is 6.15. The zero-order chi connectivity index (χ0) is 15.3. The molecule has 1 rings (SSSR count). The molecule has 0 bridgehead atoms. The molecule has 0 amide bonds. The minimum absolute atomic E-state index is 0.00574. The largest absolute Gasteiger partial charge is 0.308 e. The number of nitrogens with one attached hydrogen (secondary N) is 1. The maximum Gasteiger partial charge on any atom is 0.159 e. The van der Waals surface area contributed by atoms with Crippen molar-refractivity contribution in [2.45, 2.75) is 39.3 Å². The third-order valence-corrected chi connectivity index (χ3v) is 3.27. The van der Waals surface area contributed by atoms with Gasteiger partial charge in [0.1, 0.15) is 0 Å². The van der Waals surface area contributed by atoms with Gasteiger partial charge in [-0.25, -0.2) is 8.78 Å². The summed E-state index contributed by atoms with van der Waals surface area (Å²) in [6.07, 6.45) is 1.05. The highest BCUT2D eigenvalue weighted by molar-refractivity contribution is 5.20. The third kappa shape index (κ3) is 5.55. The van der Waals surface area contributed by atoms with Crippen LogP contribution < -0.4 is 5.32 Å². The average Bonchev–Trinajstić information content (AvgIpc) is 2.30. The smallest absolute Gasteiger partial charge is 0.159 e. The molecule has 2 unspecified atom stereocenters. The molecule has 20 heavy (non-hydrogen) atoms. The minimum Gasteiger partial charge on any atom is -0.308 e. The van der Waals surface area contributed by atoms with E-state index in [2.05, 4.69) is 24.1 Å². The average molecular weight is 284 g/mol. The Bertz CT molecular complexity index is 409. The van der Waals surface area contributed by atoms with Crippen LogP contribution in [0, 0.1) is 17.6 Å². The maximum atomic E-state index is 13.3. The quantitative estimate of drug-likeness (QED) is 0.823. The van der Waals surface area contributed by atoms with Crippen LogP contribution in [0.4, 0.5) is 8.78 Å². The van der Waals surface area contributed by atoms with E-state index in [9.17, 15) is 8.78 Å². The van der Waals surface area contributed by atoms with Crippen molar-refractivity contribution in [2.75, 3.05) is 20.6 Å². The summed E-state index contributed by atoms with van der Waals surface area (Å²) >= 11 is 0. The van der Waals surface area contributed by atoms with Crippen molar-refractivity contribution in [3.8, 4) is 0 Å². The summed E-state index contributed by atoms with van der Waals surface area (Å²) in [5.74, 6) is -0.998. The fourth-order valence-electron chi connectivity index (χ4n) is 2.44. The Morgan fingerprint density at radius 1 is 1.10 bits per heavy atom. The van der Waals surface area contributed by atoms with Crippen LogP contribution in [-0.4, -0.2) is 31.6 Å². The lowest BCUT2D eigenvalue weighted by atomic mass is 10.0. The molecule has 0 radical (unpaired) electrons. The molecule has 0 saturated heterocycles. The fourth-order valence-corrected chi connectivity index (χ4v) is 2.44. The first-order valence-corrected chi connectivity index (χ1v) is 7.15. The lowest BCUT2D eigenvalue weighted by Gasteiger charge is -2.27. The standard InChI is InChI=1S/C16H26F2N2/c1-11(2)8-14(10-20(4)5)19-12(3)13-6-7-15(17)16(18)9-13/h6-7,9,11-12,14,19H,8,10H2,1-5H3. The zero-order valence-corrected chi connectivity index (χ0v) is 13.1. The Balaban J connectivity index is 2.73. The summed E-state index contributed by atoms with van der Waals surface area (Å²) in [5, 5.41) is 3.51. The van der Waals surface area contributed by atoms with Gasteiger partial charge in [0.25, 0.3) is 0 Å². The topological polar surface area (TPSA) is 15.3 Å². The Labute approximate surface area is 121 Å². The van der Waals surface area contributed by atoms with E-state index in [4.69, 9.17) is 0 Å². The molecular weight excluding hydrogens is 258 g/mol. The van der Waals surface area contributed by atoms with E-state index in [1.165, 1.54) is 12.1 Å². The summed E-state index contributed by atoms with van der Waals surface area (Å²) in [4.78, 5) is 2.14. The molecule has 0 saturated carbocycles. The highest BCUT2D eigenvalue weighted by Crippen LogP contribution is 2.18. The molecular formula is C16H26F2N2. The summed E-state index contributed by atoms with van der Waals surface area (Å²) < 4.78 is 26.3. The van der Waals surface area contributed by atoms with Crippen LogP contribution in [0.5, 0.6) is 0 Å². The molecule has 0 aliphatic rings. The molecule has 0 spiro atoms. The SMILES string of the molecule is CC(C)CC(CN(C)C)NC(C)c1ccc(F)c(F)c1. The van der Waals surface area contributed by atoms with Gasteiger partial charge in [-0.15, -0.1) is 0 Å². The van der Waals surface area contributed by atoms with Crippen molar-refractivity contribution in [1.82, 2.24) is 10.2 Å². The molecule has 0 aliphatic carbocycles. The second kappa shape index (κ2) is 7.70. The summed E-state index contributed by atoms with van der Waals surface area (Å²) in [6.45, 7) is 7.28. The Morgan fingerprint density at radius 2 is 1.75 bits per heavy atom. The molecule has 0 fully saturated rings. The van der Waals surface area contributed by atoms with Gasteiger partial charge in [0.15, 0.2) is 11.6 Å². The molecule has 114 valence electrons. The molecule has 2 nitrogen and oxygen atoms in total. The van der Waals surface area contributed by atoms with Gasteiger partial charge < -0.3 is 10.2 Å². The summed E-state index contributed by atoms with van der Waals surface area (Å²) in [5.41, 5.74) is 0.774. The zero-order valence-electron chi connectivity index (χ0n) is 13.1. The predicted molar refractivity (Wildman–Crippen MR) is 79.7 cm³/mol. The first-order chi connectivity index (χ1) is 9.29. The second-order valence-corrected chi connectivity index (χ2v) is 6.15. The van der Waals surface area contributed by atoms with E-state index in [0.717, 1.165) is 18.5 Å². The molecule has 0 aliphatic heterocycles. The lowest BCUT2D eigenvalue weighted by molar-refractivity contribution is 0.290. The fraction of sp³-hybridized carbons (Fsp3) is 0.625. The van der Waals surface area contributed by atoms with Crippen molar-refractivity contribution in [3.05, 3.63) is 35.4 Å². The van der Waals surface area contributed by atoms with E-state index in [1.807, 2.05) is 21.0 Å². The molecule has 1 aromatic carbocycles. The Kier molecular flexibility index (Phi) is 6.56. The van der Waals surface area contributed by atoms with Crippen LogP contribution in [0.3, 0.4) is 0 Å². The molecule has 0 aromatic heterocycles. The first-order valence-electron chi connectivity index (χ1n) is 7.15. The number of likely N-dealkylation sites (N-methyl/N-ethyl adjacent to an activating group) is 1. The number of hydrogen-bond donors (Lipinski definition) is 1. The number of rotatable bonds is 7. The van der Waals surface area contributed by atoms with E-state index in [1.54, 1.807) is 6.07 Å². The van der Waals surface area contributed by atoms with Crippen molar-refractivity contribution < 1.29 is 8.78 Å². The van der Waals surface area contributed by atoms with Crippen molar-refractivity contribution in [1.29, 1.82) is 0 Å². The van der Waals surface area contributed by atoms with Crippen molar-refractivity contribution in [2.24, 2.45) is 5.92 Å². The van der Waals surface area contributed by atoms with E-state index < -0.39 is 11.6 Å². The lowest BCUT2D eigenvalue weighted by Crippen LogP contribution is -2.40. The van der Waals surface area contributed by atoms with Crippen LogP contribution in [-0.2, 0) is 0 Å². The van der Waals surface area contributed by atoms with Crippen LogP contribution in [0.2, 0.25) is 0 Å². The highest BCUT2D eigenvalue weighted by Gasteiger charge is 2.16. The Morgan fingerprint density at radius 3 is 2.25 bits per heavy atom. The monoisotopic (exact) mass is 284 g/mol. The van der Waals surface area contributed by atoms with Gasteiger partial charge in [0, 0.05) is 18.6 Å². The van der Waals surface area contributed by atoms with Crippen LogP contribution in [0.15, 0.2) is 18.2 Å². The van der Waals surface area contributed by atoms with E-state index in [0.29, 0.717) is 12.0 Å². The molecule has 1 aromatic rings. The predicted octanol–water partition coefficient (Wildman–Crippen LogP) is 3.59. The van der Waals surface area contributed by atoms with Gasteiger partial charge in [0.2, 0.25) is 0 Å². The maximum absolute atomic E-state index is 13.3. The van der Waals surface area contributed by atoms with Gasteiger partial charge in [-0.2, -0.15) is 0 Å². The number of hydrogen-bond acceptors (Lipinski definition) is 2. The number of nitrogens with zero attached hydrogens (tertiary/aromatic N) is 1. The van der Waals surface area contributed by atoms with Crippen molar-refractivity contribution >= 4 is 0 Å². The van der Waals surface area contributed by atoms with Gasteiger partial charge in [-0.1, -0.05) is 19.9 Å². The van der Waals surface area contributed by atoms with E-state index in [-0.39, 0.29) is 6.04 Å². The third-order valence-electron chi connectivity index (χ3n) is 3.27. The van der Waals surface area contributed by atoms with Gasteiger partial charge in [-0.3, -0.25) is 0 Å². The van der Waals surface area contributed by atoms with Gasteiger partial charge in [0.05, 0.1) is 0 Å². The minimum atomic E-state index is -0.798. The van der Waals surface area contributed by atoms with Crippen LogP contribution in [0.25, 0.3) is 0 Å². The molecule has 4 heteroatoms. The van der Waals surface area contributed by atoms with Gasteiger partial charge >= 0.3 is 0 Å². The summed E-state index contributed by atoms with van der Waals surface area (Å²) in [6, 6.07) is 4.42. The van der Waals surface area contributed by atoms with Crippen molar-refractivity contribution in [3.63, 3.8) is 0 Å². The molecule has 1 N–H and O–H groups in total. The van der Waals surface area contributed by atoms with Crippen LogP contribution in [0.1, 0.15) is 38.8 Å². The summed E-state index contributed by atoms with van der Waals surface area (Å²) in [7, 11) is 4.08. The highest BCUT2D eigenvalue weighted by atomic mass is 19.2. The molecule has 0 heterocycles. The first kappa shape index (κ1) is 17.1. The number of halogens is 2. The number of benzene rings is 1. The normalized spacial score (nSPS) is 14.8. The van der Waals surface area contributed by atoms with Gasteiger partial charge in [-0.05, 0) is 51.1 Å². The molecule has 2 atom stereocenters. The van der Waals surface area contributed by atoms with Crippen LogP contribution >= 0.6 is 0 Å². The van der Waals surface area contributed by atoms with E-state index >= 15 is 0 Å².